The maximum Gasteiger partial charge on any atom is 0.222 e. The minimum atomic E-state index is 0.343. The number of carbonyl (C=O) groups is 1. The SMILES string of the molecule is CCCCN(CCCC)C(=O)CCCC[n+]1ccccc1. The highest BCUT2D eigenvalue weighted by atomic mass is 16.2. The molecule has 3 heteroatoms. The summed E-state index contributed by atoms with van der Waals surface area (Å²) in [7, 11) is 0. The van der Waals surface area contributed by atoms with Gasteiger partial charge in [0.25, 0.3) is 0 Å². The molecule has 0 spiro atoms. The third kappa shape index (κ3) is 7.84. The van der Waals surface area contributed by atoms with E-state index in [1.165, 1.54) is 0 Å². The Bertz CT molecular complexity index is 370. The van der Waals surface area contributed by atoms with Gasteiger partial charge in [0, 0.05) is 38.1 Å². The smallest absolute Gasteiger partial charge is 0.222 e. The van der Waals surface area contributed by atoms with Gasteiger partial charge in [-0.1, -0.05) is 32.8 Å². The number of carbonyl (C=O) groups excluding carboxylic acids is 1. The second-order valence-electron chi connectivity index (χ2n) is 5.66. The van der Waals surface area contributed by atoms with Crippen LogP contribution in [0.5, 0.6) is 0 Å². The number of hydrogen-bond acceptors (Lipinski definition) is 1. The van der Waals surface area contributed by atoms with Gasteiger partial charge in [-0.05, 0) is 19.3 Å². The lowest BCUT2D eigenvalue weighted by Crippen LogP contribution is -2.34. The first-order valence-electron chi connectivity index (χ1n) is 8.49. The van der Waals surface area contributed by atoms with Crippen LogP contribution in [0, 0.1) is 0 Å². The van der Waals surface area contributed by atoms with E-state index in [1.807, 2.05) is 18.2 Å². The molecule has 3 nitrogen and oxygen atoms in total. The molecule has 118 valence electrons. The van der Waals surface area contributed by atoms with E-state index in [1.54, 1.807) is 0 Å². The molecule has 1 aromatic rings. The van der Waals surface area contributed by atoms with Crippen LogP contribution in [0.25, 0.3) is 0 Å². The fourth-order valence-corrected chi connectivity index (χ4v) is 2.37. The van der Waals surface area contributed by atoms with Gasteiger partial charge >= 0.3 is 0 Å². The zero-order valence-electron chi connectivity index (χ0n) is 13.8. The quantitative estimate of drug-likeness (QED) is 0.452. The lowest BCUT2D eigenvalue weighted by molar-refractivity contribution is -0.697. The first-order valence-corrected chi connectivity index (χ1v) is 8.49. The van der Waals surface area contributed by atoms with Gasteiger partial charge in [-0.15, -0.1) is 0 Å². The maximum absolute atomic E-state index is 12.3. The monoisotopic (exact) mass is 291 g/mol. The molecule has 1 aromatic heterocycles. The average Bonchev–Trinajstić information content (AvgIpc) is 2.52. The highest BCUT2D eigenvalue weighted by Gasteiger charge is 2.12. The third-order valence-corrected chi connectivity index (χ3v) is 3.75. The zero-order valence-corrected chi connectivity index (χ0v) is 13.8. The van der Waals surface area contributed by atoms with E-state index < -0.39 is 0 Å². The van der Waals surface area contributed by atoms with Crippen LogP contribution in [0.3, 0.4) is 0 Å². The molecule has 0 atom stereocenters. The number of unbranched alkanes of at least 4 members (excludes halogenated alkanes) is 3. The molecule has 0 N–H and O–H groups in total. The summed E-state index contributed by atoms with van der Waals surface area (Å²) in [5.74, 6) is 0.343. The van der Waals surface area contributed by atoms with E-state index in [2.05, 4.69) is 35.7 Å². The topological polar surface area (TPSA) is 24.2 Å². The largest absolute Gasteiger partial charge is 0.343 e. The summed E-state index contributed by atoms with van der Waals surface area (Å²) in [4.78, 5) is 14.4. The van der Waals surface area contributed by atoms with Crippen molar-refractivity contribution in [1.82, 2.24) is 4.90 Å². The molecule has 0 aromatic carbocycles. The van der Waals surface area contributed by atoms with E-state index in [-0.39, 0.29) is 0 Å². The third-order valence-electron chi connectivity index (χ3n) is 3.75. The second-order valence-corrected chi connectivity index (χ2v) is 5.66. The molecular formula is C18H31N2O+. The average molecular weight is 291 g/mol. The molecule has 1 rings (SSSR count). The highest BCUT2D eigenvalue weighted by molar-refractivity contribution is 5.76. The predicted octanol–water partition coefficient (Wildman–Crippen LogP) is 3.57. The molecule has 21 heavy (non-hydrogen) atoms. The van der Waals surface area contributed by atoms with E-state index in [0.29, 0.717) is 12.3 Å². The van der Waals surface area contributed by atoms with E-state index in [4.69, 9.17) is 0 Å². The summed E-state index contributed by atoms with van der Waals surface area (Å²) in [6.07, 6.45) is 11.4. The minimum absolute atomic E-state index is 0.343. The number of amides is 1. The summed E-state index contributed by atoms with van der Waals surface area (Å²) >= 11 is 0. The number of nitrogens with zero attached hydrogens (tertiary/aromatic N) is 2. The van der Waals surface area contributed by atoms with Crippen LogP contribution in [-0.4, -0.2) is 23.9 Å². The van der Waals surface area contributed by atoms with Gasteiger partial charge in [-0.3, -0.25) is 4.79 Å². The van der Waals surface area contributed by atoms with E-state index in [9.17, 15) is 4.79 Å². The van der Waals surface area contributed by atoms with Crippen LogP contribution < -0.4 is 4.57 Å². The van der Waals surface area contributed by atoms with Crippen molar-refractivity contribution in [3.8, 4) is 0 Å². The molecule has 0 fully saturated rings. The van der Waals surface area contributed by atoms with Gasteiger partial charge in [-0.25, -0.2) is 4.57 Å². The fourth-order valence-electron chi connectivity index (χ4n) is 2.37. The predicted molar refractivity (Wildman–Crippen MR) is 86.9 cm³/mol. The van der Waals surface area contributed by atoms with Crippen LogP contribution in [0.2, 0.25) is 0 Å². The van der Waals surface area contributed by atoms with E-state index >= 15 is 0 Å². The molecule has 1 amide bonds. The molecule has 0 saturated heterocycles. The zero-order chi connectivity index (χ0) is 15.3. The minimum Gasteiger partial charge on any atom is -0.343 e. The Balaban J connectivity index is 2.25. The first-order chi connectivity index (χ1) is 10.3. The van der Waals surface area contributed by atoms with Gasteiger partial charge < -0.3 is 4.90 Å². The summed E-state index contributed by atoms with van der Waals surface area (Å²) in [5, 5.41) is 0. The Kier molecular flexibility index (Phi) is 9.51. The van der Waals surface area contributed by atoms with Crippen molar-refractivity contribution in [2.45, 2.75) is 65.3 Å². The number of aryl methyl sites for hydroxylation is 1. The summed E-state index contributed by atoms with van der Waals surface area (Å²) < 4.78 is 2.18. The van der Waals surface area contributed by atoms with Crippen LogP contribution in [0.1, 0.15) is 58.8 Å². The number of rotatable bonds is 11. The molecule has 1 heterocycles. The Labute approximate surface area is 130 Å². The number of hydrogen-bond donors (Lipinski definition) is 0. The van der Waals surface area contributed by atoms with Crippen LogP contribution in [0.4, 0.5) is 0 Å². The van der Waals surface area contributed by atoms with Gasteiger partial charge in [0.15, 0.2) is 12.4 Å². The van der Waals surface area contributed by atoms with Crippen LogP contribution >= 0.6 is 0 Å². The molecule has 0 aliphatic carbocycles. The molecular weight excluding hydrogens is 260 g/mol. The fraction of sp³-hybridized carbons (Fsp3) is 0.667. The first kappa shape index (κ1) is 17.7. The van der Waals surface area contributed by atoms with Crippen molar-refractivity contribution in [1.29, 1.82) is 0 Å². The summed E-state index contributed by atoms with van der Waals surface area (Å²) in [5.41, 5.74) is 0. The lowest BCUT2D eigenvalue weighted by atomic mass is 10.2. The van der Waals surface area contributed by atoms with Gasteiger partial charge in [0.1, 0.15) is 6.54 Å². The summed E-state index contributed by atoms with van der Waals surface area (Å²) in [6, 6.07) is 6.12. The molecule has 0 saturated carbocycles. The van der Waals surface area contributed by atoms with Crippen LogP contribution in [0.15, 0.2) is 30.6 Å². The highest BCUT2D eigenvalue weighted by Crippen LogP contribution is 2.05. The molecule has 0 bridgehead atoms. The van der Waals surface area contributed by atoms with Crippen molar-refractivity contribution in [2.75, 3.05) is 13.1 Å². The van der Waals surface area contributed by atoms with Crippen molar-refractivity contribution >= 4 is 5.91 Å². The number of aromatic nitrogens is 1. The molecule has 0 unspecified atom stereocenters. The molecule has 0 aliphatic heterocycles. The van der Waals surface area contributed by atoms with Crippen molar-refractivity contribution < 1.29 is 9.36 Å². The standard InChI is InChI=1S/C18H31N2O/c1-3-5-16-20(17-6-4-2)18(21)12-8-11-15-19-13-9-7-10-14-19/h7,9-10,13-14H,3-6,8,11-12,15-17H2,1-2H3/q+1. The normalized spacial score (nSPS) is 10.6. The molecule has 0 radical (unpaired) electrons. The van der Waals surface area contributed by atoms with Gasteiger partial charge in [-0.2, -0.15) is 0 Å². The second kappa shape index (κ2) is 11.3. The summed E-state index contributed by atoms with van der Waals surface area (Å²) in [6.45, 7) is 7.22. The lowest BCUT2D eigenvalue weighted by Gasteiger charge is -2.22. The van der Waals surface area contributed by atoms with Crippen molar-refractivity contribution in [3.05, 3.63) is 30.6 Å². The Hall–Kier alpha value is -1.38. The Morgan fingerprint density at radius 3 is 2.10 bits per heavy atom. The van der Waals surface area contributed by atoms with Gasteiger partial charge in [0.2, 0.25) is 5.91 Å². The molecule has 0 aliphatic rings. The number of pyridine rings is 1. The Morgan fingerprint density at radius 1 is 0.905 bits per heavy atom. The van der Waals surface area contributed by atoms with Gasteiger partial charge in [0.05, 0.1) is 0 Å². The van der Waals surface area contributed by atoms with Crippen LogP contribution in [-0.2, 0) is 11.3 Å². The van der Waals surface area contributed by atoms with Crippen molar-refractivity contribution in [2.24, 2.45) is 0 Å². The Morgan fingerprint density at radius 2 is 1.52 bits per heavy atom. The van der Waals surface area contributed by atoms with E-state index in [0.717, 1.165) is 58.2 Å². The van der Waals surface area contributed by atoms with Crippen molar-refractivity contribution in [3.63, 3.8) is 0 Å². The maximum atomic E-state index is 12.3.